The Morgan fingerprint density at radius 1 is 1.29 bits per heavy atom. The number of amides is 3. The summed E-state index contributed by atoms with van der Waals surface area (Å²) in [5.74, 6) is -1.98. The van der Waals surface area contributed by atoms with Crippen LogP contribution in [0.2, 0.25) is 5.02 Å². The van der Waals surface area contributed by atoms with Gasteiger partial charge in [0.15, 0.2) is 6.10 Å². The van der Waals surface area contributed by atoms with Crippen LogP contribution in [-0.2, 0) is 9.53 Å². The van der Waals surface area contributed by atoms with E-state index in [1.165, 1.54) is 25.1 Å². The fourth-order valence-electron chi connectivity index (χ4n) is 2.46. The highest BCUT2D eigenvalue weighted by Gasteiger charge is 2.24. The minimum absolute atomic E-state index is 0.0710. The molecule has 0 spiro atoms. The molecule has 1 aliphatic rings. The Kier molecular flexibility index (Phi) is 6.03. The first-order valence-electron chi connectivity index (χ1n) is 7.67. The van der Waals surface area contributed by atoms with Crippen LogP contribution in [0.15, 0.2) is 18.2 Å². The predicted molar refractivity (Wildman–Crippen MR) is 86.9 cm³/mol. The van der Waals surface area contributed by atoms with Crippen molar-refractivity contribution in [3.63, 3.8) is 0 Å². The molecule has 0 aromatic heterocycles. The van der Waals surface area contributed by atoms with Crippen LogP contribution in [0.1, 0.15) is 43.0 Å². The van der Waals surface area contributed by atoms with E-state index in [0.29, 0.717) is 0 Å². The smallest absolute Gasteiger partial charge is 0.342 e. The number of esters is 1. The molecular weight excluding hydrogens is 336 g/mol. The molecule has 0 bridgehead atoms. The van der Waals surface area contributed by atoms with Crippen molar-refractivity contribution >= 4 is 29.5 Å². The summed E-state index contributed by atoms with van der Waals surface area (Å²) in [6.07, 6.45) is 2.70. The van der Waals surface area contributed by atoms with Crippen molar-refractivity contribution in [2.24, 2.45) is 0 Å². The highest BCUT2D eigenvalue weighted by molar-refractivity contribution is 6.30. The molecule has 0 unspecified atom stereocenters. The molecule has 2 rings (SSSR count). The second-order valence-electron chi connectivity index (χ2n) is 5.65. The molecular formula is C16H19ClN2O5. The van der Waals surface area contributed by atoms with Gasteiger partial charge in [-0.2, -0.15) is 0 Å². The van der Waals surface area contributed by atoms with Crippen LogP contribution in [0.25, 0.3) is 0 Å². The number of ether oxygens (including phenoxy) is 1. The average Bonchev–Trinajstić information content (AvgIpc) is 2.99. The fraction of sp³-hybridized carbons (Fsp3) is 0.438. The number of nitrogens with one attached hydrogen (secondary N) is 2. The maximum atomic E-state index is 12.0. The third-order valence-corrected chi connectivity index (χ3v) is 3.99. The van der Waals surface area contributed by atoms with Gasteiger partial charge < -0.3 is 15.2 Å². The van der Waals surface area contributed by atoms with Gasteiger partial charge in [-0.1, -0.05) is 24.4 Å². The molecule has 130 valence electrons. The van der Waals surface area contributed by atoms with E-state index in [9.17, 15) is 19.5 Å². The lowest BCUT2D eigenvalue weighted by Gasteiger charge is -2.15. The van der Waals surface area contributed by atoms with Crippen molar-refractivity contribution in [3.8, 4) is 5.75 Å². The average molecular weight is 355 g/mol. The zero-order valence-electron chi connectivity index (χ0n) is 13.2. The fourth-order valence-corrected chi connectivity index (χ4v) is 2.63. The van der Waals surface area contributed by atoms with E-state index in [0.717, 1.165) is 25.7 Å². The quantitative estimate of drug-likeness (QED) is 0.720. The number of rotatable bonds is 4. The number of carbonyl (C=O) groups is 3. The van der Waals surface area contributed by atoms with E-state index in [-0.39, 0.29) is 22.4 Å². The monoisotopic (exact) mass is 354 g/mol. The van der Waals surface area contributed by atoms with Gasteiger partial charge in [-0.15, -0.1) is 0 Å². The molecule has 0 heterocycles. The van der Waals surface area contributed by atoms with Crippen LogP contribution in [0.3, 0.4) is 0 Å². The molecule has 1 aromatic carbocycles. The second kappa shape index (κ2) is 8.01. The van der Waals surface area contributed by atoms with E-state index in [1.54, 1.807) is 0 Å². The molecule has 8 heteroatoms. The molecule has 0 aliphatic heterocycles. The Bertz CT molecular complexity index is 643. The summed E-state index contributed by atoms with van der Waals surface area (Å²) in [6.45, 7) is 1.34. The predicted octanol–water partition coefficient (Wildman–Crippen LogP) is 2.36. The van der Waals surface area contributed by atoms with Gasteiger partial charge in [0.1, 0.15) is 11.3 Å². The minimum atomic E-state index is -1.19. The molecule has 24 heavy (non-hydrogen) atoms. The van der Waals surface area contributed by atoms with Gasteiger partial charge in [-0.3, -0.25) is 10.1 Å². The SMILES string of the molecule is C[C@@H](OC(=O)c1ccc(Cl)cc1O)C(=O)NC(=O)NC1CCCC1. The molecule has 1 aliphatic carbocycles. The molecule has 1 aromatic rings. The Morgan fingerprint density at radius 3 is 2.58 bits per heavy atom. The topological polar surface area (TPSA) is 105 Å². The van der Waals surface area contributed by atoms with Crippen LogP contribution in [0.5, 0.6) is 5.75 Å². The molecule has 0 saturated heterocycles. The van der Waals surface area contributed by atoms with Gasteiger partial charge in [0.25, 0.3) is 5.91 Å². The van der Waals surface area contributed by atoms with Crippen LogP contribution < -0.4 is 10.6 Å². The van der Waals surface area contributed by atoms with Crippen molar-refractivity contribution in [1.82, 2.24) is 10.6 Å². The van der Waals surface area contributed by atoms with Gasteiger partial charge in [-0.25, -0.2) is 9.59 Å². The largest absolute Gasteiger partial charge is 0.507 e. The highest BCUT2D eigenvalue weighted by atomic mass is 35.5. The summed E-state index contributed by atoms with van der Waals surface area (Å²) in [4.78, 5) is 35.6. The summed E-state index contributed by atoms with van der Waals surface area (Å²) >= 11 is 5.68. The zero-order chi connectivity index (χ0) is 17.7. The van der Waals surface area contributed by atoms with Crippen molar-refractivity contribution in [1.29, 1.82) is 0 Å². The Balaban J connectivity index is 1.86. The molecule has 1 atom stereocenters. The van der Waals surface area contributed by atoms with Crippen molar-refractivity contribution in [2.45, 2.75) is 44.8 Å². The van der Waals surface area contributed by atoms with E-state index in [4.69, 9.17) is 16.3 Å². The number of benzene rings is 1. The van der Waals surface area contributed by atoms with Crippen molar-refractivity contribution in [2.75, 3.05) is 0 Å². The molecule has 1 fully saturated rings. The van der Waals surface area contributed by atoms with Gasteiger partial charge in [0.05, 0.1) is 0 Å². The third-order valence-electron chi connectivity index (χ3n) is 3.76. The van der Waals surface area contributed by atoms with Crippen LogP contribution in [0, 0.1) is 0 Å². The van der Waals surface area contributed by atoms with Gasteiger partial charge in [-0.05, 0) is 38.0 Å². The number of aromatic hydroxyl groups is 1. The number of halogens is 1. The Hall–Kier alpha value is -2.28. The number of hydrogen-bond donors (Lipinski definition) is 3. The lowest BCUT2D eigenvalue weighted by atomic mass is 10.2. The summed E-state index contributed by atoms with van der Waals surface area (Å²) in [5, 5.41) is 14.8. The first kappa shape index (κ1) is 18.1. The van der Waals surface area contributed by atoms with Crippen LogP contribution in [0.4, 0.5) is 4.79 Å². The van der Waals surface area contributed by atoms with Crippen LogP contribution in [-0.4, -0.2) is 35.2 Å². The Morgan fingerprint density at radius 2 is 1.96 bits per heavy atom. The Labute approximate surface area is 144 Å². The first-order valence-corrected chi connectivity index (χ1v) is 8.05. The van der Waals surface area contributed by atoms with E-state index in [1.807, 2.05) is 0 Å². The maximum absolute atomic E-state index is 12.0. The lowest BCUT2D eigenvalue weighted by molar-refractivity contribution is -0.127. The molecule has 3 amide bonds. The standard InChI is InChI=1S/C16H19ClN2O5/c1-9(14(21)19-16(23)18-11-4-2-3-5-11)24-15(22)12-7-6-10(17)8-13(12)20/h6-9,11,20H,2-5H2,1H3,(H2,18,19,21,23)/t9-/m1/s1. The van der Waals surface area contributed by atoms with Gasteiger partial charge in [0, 0.05) is 11.1 Å². The number of urea groups is 1. The summed E-state index contributed by atoms with van der Waals surface area (Å²) in [7, 11) is 0. The number of hydrogen-bond acceptors (Lipinski definition) is 5. The minimum Gasteiger partial charge on any atom is -0.507 e. The molecule has 1 saturated carbocycles. The van der Waals surface area contributed by atoms with E-state index in [2.05, 4.69) is 10.6 Å². The van der Waals surface area contributed by atoms with Gasteiger partial charge in [0.2, 0.25) is 0 Å². The van der Waals surface area contributed by atoms with Gasteiger partial charge >= 0.3 is 12.0 Å². The lowest BCUT2D eigenvalue weighted by Crippen LogP contribution is -2.47. The summed E-state index contributed by atoms with van der Waals surface area (Å²) in [6, 6.07) is 3.36. The second-order valence-corrected chi connectivity index (χ2v) is 6.09. The summed E-state index contributed by atoms with van der Waals surface area (Å²) in [5.41, 5.74) is -0.116. The molecule has 3 N–H and O–H groups in total. The normalized spacial score (nSPS) is 15.6. The van der Waals surface area contributed by atoms with Crippen LogP contribution >= 0.6 is 11.6 Å². The molecule has 0 radical (unpaired) electrons. The van der Waals surface area contributed by atoms with E-state index < -0.39 is 24.0 Å². The number of phenols is 1. The third kappa shape index (κ3) is 4.86. The maximum Gasteiger partial charge on any atom is 0.342 e. The van der Waals surface area contributed by atoms with Crippen molar-refractivity contribution < 1.29 is 24.2 Å². The number of phenolic OH excluding ortho intramolecular Hbond substituents is 1. The molecule has 7 nitrogen and oxygen atoms in total. The summed E-state index contributed by atoms with van der Waals surface area (Å²) < 4.78 is 4.96. The highest BCUT2D eigenvalue weighted by Crippen LogP contribution is 2.23. The zero-order valence-corrected chi connectivity index (χ0v) is 13.9. The number of imide groups is 1. The van der Waals surface area contributed by atoms with Crippen molar-refractivity contribution in [3.05, 3.63) is 28.8 Å². The number of carbonyl (C=O) groups excluding carboxylic acids is 3. The van der Waals surface area contributed by atoms with E-state index >= 15 is 0 Å². The first-order chi connectivity index (χ1) is 11.4.